The van der Waals surface area contributed by atoms with Gasteiger partial charge in [-0.05, 0) is 12.1 Å². The summed E-state index contributed by atoms with van der Waals surface area (Å²) in [5.41, 5.74) is 1.59. The van der Waals surface area contributed by atoms with Crippen LogP contribution in [-0.2, 0) is 0 Å². The minimum Gasteiger partial charge on any atom is -0.305 e. The van der Waals surface area contributed by atoms with E-state index in [-0.39, 0.29) is 0 Å². The fourth-order valence-electron chi connectivity index (χ4n) is 1.73. The van der Waals surface area contributed by atoms with Crippen LogP contribution in [0.25, 0.3) is 11.4 Å². The highest BCUT2D eigenvalue weighted by Gasteiger charge is 2.12. The van der Waals surface area contributed by atoms with Crippen molar-refractivity contribution in [1.29, 1.82) is 0 Å². The lowest BCUT2D eigenvalue weighted by atomic mass is 10.2. The van der Waals surface area contributed by atoms with Crippen LogP contribution in [-0.4, -0.2) is 19.1 Å². The molecule has 0 bridgehead atoms. The molecule has 0 aliphatic rings. The molecule has 0 radical (unpaired) electrons. The van der Waals surface area contributed by atoms with Crippen molar-refractivity contribution in [2.45, 2.75) is 0 Å². The van der Waals surface area contributed by atoms with Gasteiger partial charge in [0, 0.05) is 24.8 Å². The molecule has 0 spiro atoms. The van der Waals surface area contributed by atoms with Crippen molar-refractivity contribution in [3.8, 4) is 11.4 Å². The molecule has 6 heteroatoms. The highest BCUT2D eigenvalue weighted by atomic mass is 35.5. The Morgan fingerprint density at radius 1 is 0.778 bits per heavy atom. The zero-order valence-electron chi connectivity index (χ0n) is 9.16. The molecule has 2 heterocycles. The molecule has 0 fully saturated rings. The molecular formula is C12H8Cl2N4. The first-order chi connectivity index (χ1) is 8.77. The highest BCUT2D eigenvalue weighted by molar-refractivity contribution is 6.44. The lowest BCUT2D eigenvalue weighted by Gasteiger charge is -2.11. The molecule has 0 N–H and O–H groups in total. The first kappa shape index (κ1) is 11.3. The van der Waals surface area contributed by atoms with Gasteiger partial charge in [0.1, 0.15) is 0 Å². The quantitative estimate of drug-likeness (QED) is 0.721. The zero-order valence-corrected chi connectivity index (χ0v) is 10.7. The number of imidazole rings is 2. The third kappa shape index (κ3) is 1.79. The third-order valence-corrected chi connectivity index (χ3v) is 3.47. The minimum absolute atomic E-state index is 0.487. The maximum absolute atomic E-state index is 6.29. The van der Waals surface area contributed by atoms with Crippen LogP contribution in [0.2, 0.25) is 10.0 Å². The topological polar surface area (TPSA) is 35.6 Å². The van der Waals surface area contributed by atoms with E-state index in [9.17, 15) is 0 Å². The van der Waals surface area contributed by atoms with Crippen LogP contribution < -0.4 is 0 Å². The summed E-state index contributed by atoms with van der Waals surface area (Å²) in [6.45, 7) is 0. The molecule has 0 aliphatic heterocycles. The molecule has 3 aromatic rings. The van der Waals surface area contributed by atoms with E-state index in [0.29, 0.717) is 10.0 Å². The van der Waals surface area contributed by atoms with Gasteiger partial charge < -0.3 is 9.13 Å². The van der Waals surface area contributed by atoms with Gasteiger partial charge in [0.25, 0.3) is 0 Å². The molecule has 0 saturated heterocycles. The van der Waals surface area contributed by atoms with Crippen molar-refractivity contribution < 1.29 is 0 Å². The van der Waals surface area contributed by atoms with Crippen LogP contribution in [0.4, 0.5) is 0 Å². The summed E-state index contributed by atoms with van der Waals surface area (Å²) in [4.78, 5) is 7.98. The second-order valence-electron chi connectivity index (χ2n) is 3.67. The van der Waals surface area contributed by atoms with Crippen molar-refractivity contribution >= 4 is 23.2 Å². The number of benzene rings is 1. The molecule has 0 amide bonds. The number of nitrogens with zero attached hydrogens (tertiary/aromatic N) is 4. The van der Waals surface area contributed by atoms with E-state index >= 15 is 0 Å². The monoisotopic (exact) mass is 278 g/mol. The Balaban J connectivity index is 2.15. The average molecular weight is 279 g/mol. The second kappa shape index (κ2) is 4.48. The van der Waals surface area contributed by atoms with Crippen molar-refractivity contribution in [3.63, 3.8) is 0 Å². The van der Waals surface area contributed by atoms with Gasteiger partial charge >= 0.3 is 0 Å². The lowest BCUT2D eigenvalue weighted by molar-refractivity contribution is 1.03. The van der Waals surface area contributed by atoms with Crippen LogP contribution >= 0.6 is 23.2 Å². The lowest BCUT2D eigenvalue weighted by Crippen LogP contribution is -1.97. The number of hydrogen-bond donors (Lipinski definition) is 0. The maximum Gasteiger partial charge on any atom is 0.0992 e. The molecule has 90 valence electrons. The Morgan fingerprint density at radius 2 is 1.22 bits per heavy atom. The Bertz CT molecular complexity index is 600. The van der Waals surface area contributed by atoms with E-state index in [1.807, 2.05) is 33.7 Å². The van der Waals surface area contributed by atoms with Gasteiger partial charge in [0.15, 0.2) is 0 Å². The third-order valence-electron chi connectivity index (χ3n) is 2.61. The van der Waals surface area contributed by atoms with Gasteiger partial charge in [-0.2, -0.15) is 0 Å². The van der Waals surface area contributed by atoms with E-state index in [4.69, 9.17) is 23.2 Å². The highest BCUT2D eigenvalue weighted by Crippen LogP contribution is 2.33. The molecule has 18 heavy (non-hydrogen) atoms. The predicted molar refractivity (Wildman–Crippen MR) is 70.7 cm³/mol. The van der Waals surface area contributed by atoms with Gasteiger partial charge in [0.2, 0.25) is 0 Å². The molecule has 2 aromatic heterocycles. The summed E-state index contributed by atoms with van der Waals surface area (Å²) >= 11 is 12.6. The van der Waals surface area contributed by atoms with E-state index in [0.717, 1.165) is 11.4 Å². The maximum atomic E-state index is 6.29. The van der Waals surface area contributed by atoms with Gasteiger partial charge in [-0.25, -0.2) is 9.97 Å². The second-order valence-corrected chi connectivity index (χ2v) is 4.43. The standard InChI is InChI=1S/C12H8Cl2N4/c13-11-9(17-5-3-15-7-17)1-2-10(12(11)14)18-6-4-16-8-18/h1-8H. The molecule has 0 aliphatic carbocycles. The van der Waals surface area contributed by atoms with Crippen LogP contribution in [0.5, 0.6) is 0 Å². The fraction of sp³-hybridized carbons (Fsp3) is 0. The van der Waals surface area contributed by atoms with E-state index in [2.05, 4.69) is 9.97 Å². The summed E-state index contributed by atoms with van der Waals surface area (Å²) in [5, 5.41) is 0.974. The summed E-state index contributed by atoms with van der Waals surface area (Å²) in [6.07, 6.45) is 10.4. The normalized spacial score (nSPS) is 10.8. The average Bonchev–Trinajstić information content (AvgIpc) is 3.03. The minimum atomic E-state index is 0.487. The predicted octanol–water partition coefficient (Wildman–Crippen LogP) is 3.36. The van der Waals surface area contributed by atoms with E-state index in [1.165, 1.54) is 0 Å². The Labute approximate surface area is 113 Å². The van der Waals surface area contributed by atoms with Gasteiger partial charge in [-0.3, -0.25) is 0 Å². The SMILES string of the molecule is Clc1c(-n2ccnc2)ccc(-n2ccnc2)c1Cl. The summed E-state index contributed by atoms with van der Waals surface area (Å²) < 4.78 is 3.62. The zero-order chi connectivity index (χ0) is 12.5. The Kier molecular flexibility index (Phi) is 2.81. The van der Waals surface area contributed by atoms with E-state index < -0.39 is 0 Å². The van der Waals surface area contributed by atoms with Crippen molar-refractivity contribution in [2.75, 3.05) is 0 Å². The molecule has 0 atom stereocenters. The summed E-state index contributed by atoms with van der Waals surface area (Å²) in [7, 11) is 0. The van der Waals surface area contributed by atoms with Crippen LogP contribution in [0.15, 0.2) is 49.6 Å². The first-order valence-electron chi connectivity index (χ1n) is 5.22. The van der Waals surface area contributed by atoms with Crippen molar-refractivity contribution in [3.05, 3.63) is 59.6 Å². The fourth-order valence-corrected chi connectivity index (χ4v) is 2.25. The molecule has 1 aromatic carbocycles. The Hall–Kier alpha value is -1.78. The molecular weight excluding hydrogens is 271 g/mol. The van der Waals surface area contributed by atoms with E-state index in [1.54, 1.807) is 25.0 Å². The first-order valence-corrected chi connectivity index (χ1v) is 5.97. The van der Waals surface area contributed by atoms with Gasteiger partial charge in [0.05, 0.1) is 34.1 Å². The molecule has 3 rings (SSSR count). The largest absolute Gasteiger partial charge is 0.305 e. The molecule has 0 saturated carbocycles. The number of halogens is 2. The van der Waals surface area contributed by atoms with Crippen molar-refractivity contribution in [2.24, 2.45) is 0 Å². The smallest absolute Gasteiger partial charge is 0.0992 e. The number of rotatable bonds is 2. The van der Waals surface area contributed by atoms with Crippen molar-refractivity contribution in [1.82, 2.24) is 19.1 Å². The van der Waals surface area contributed by atoms with Crippen LogP contribution in [0.1, 0.15) is 0 Å². The number of hydrogen-bond acceptors (Lipinski definition) is 2. The Morgan fingerprint density at radius 3 is 1.56 bits per heavy atom. The van der Waals surface area contributed by atoms with Crippen LogP contribution in [0.3, 0.4) is 0 Å². The summed E-state index contributed by atoms with van der Waals surface area (Å²) in [5.74, 6) is 0. The summed E-state index contributed by atoms with van der Waals surface area (Å²) in [6, 6.07) is 3.79. The van der Waals surface area contributed by atoms with Gasteiger partial charge in [-0.1, -0.05) is 23.2 Å². The molecule has 0 unspecified atom stereocenters. The van der Waals surface area contributed by atoms with Crippen LogP contribution in [0, 0.1) is 0 Å². The van der Waals surface area contributed by atoms with Gasteiger partial charge in [-0.15, -0.1) is 0 Å². The number of aromatic nitrogens is 4. The molecule has 4 nitrogen and oxygen atoms in total.